The SMILES string of the molecule is CC(N=NC(C)(O)C1CC1)C1CC1. The molecule has 2 aliphatic rings. The van der Waals surface area contributed by atoms with Crippen molar-refractivity contribution in [2.75, 3.05) is 0 Å². The van der Waals surface area contributed by atoms with E-state index in [2.05, 4.69) is 17.2 Å². The predicted molar refractivity (Wildman–Crippen MR) is 50.4 cm³/mol. The highest BCUT2D eigenvalue weighted by Crippen LogP contribution is 2.41. The van der Waals surface area contributed by atoms with Crippen LogP contribution in [0.4, 0.5) is 0 Å². The van der Waals surface area contributed by atoms with Gasteiger partial charge in [-0.05, 0) is 45.4 Å². The van der Waals surface area contributed by atoms with Crippen molar-refractivity contribution in [3.63, 3.8) is 0 Å². The van der Waals surface area contributed by atoms with Crippen LogP contribution in [0.3, 0.4) is 0 Å². The number of azo groups is 1. The molecule has 0 spiro atoms. The van der Waals surface area contributed by atoms with Gasteiger partial charge in [0.1, 0.15) is 0 Å². The van der Waals surface area contributed by atoms with E-state index >= 15 is 0 Å². The van der Waals surface area contributed by atoms with Crippen LogP contribution in [0.15, 0.2) is 10.2 Å². The fourth-order valence-electron chi connectivity index (χ4n) is 1.59. The van der Waals surface area contributed by atoms with Crippen LogP contribution in [0, 0.1) is 11.8 Å². The fourth-order valence-corrected chi connectivity index (χ4v) is 1.59. The second-order valence-corrected chi connectivity index (χ2v) is 4.66. The van der Waals surface area contributed by atoms with Gasteiger partial charge in [-0.2, -0.15) is 10.2 Å². The standard InChI is InChI=1S/C10H18N2O/c1-7(8-3-4-8)11-12-10(2,13)9-5-6-9/h7-9,13H,3-6H2,1-2H3. The third kappa shape index (κ3) is 2.27. The zero-order valence-electron chi connectivity index (χ0n) is 8.40. The molecule has 0 heterocycles. The van der Waals surface area contributed by atoms with Gasteiger partial charge in [0.15, 0.2) is 5.72 Å². The summed E-state index contributed by atoms with van der Waals surface area (Å²) < 4.78 is 0. The molecule has 3 heteroatoms. The van der Waals surface area contributed by atoms with Crippen molar-refractivity contribution in [1.82, 2.24) is 0 Å². The van der Waals surface area contributed by atoms with Crippen LogP contribution in [0.1, 0.15) is 39.5 Å². The number of aliphatic hydroxyl groups is 1. The molecule has 2 rings (SSSR count). The van der Waals surface area contributed by atoms with E-state index in [-0.39, 0.29) is 0 Å². The first kappa shape index (κ1) is 9.13. The Labute approximate surface area is 79.3 Å². The average Bonchev–Trinajstić information content (AvgIpc) is 2.89. The van der Waals surface area contributed by atoms with E-state index in [1.54, 1.807) is 6.92 Å². The van der Waals surface area contributed by atoms with E-state index in [0.29, 0.717) is 12.0 Å². The molecule has 2 fully saturated rings. The zero-order valence-corrected chi connectivity index (χ0v) is 8.40. The highest BCUT2D eigenvalue weighted by Gasteiger charge is 2.40. The summed E-state index contributed by atoms with van der Waals surface area (Å²) in [6.07, 6.45) is 4.77. The highest BCUT2D eigenvalue weighted by molar-refractivity contribution is 4.89. The number of hydrogen-bond acceptors (Lipinski definition) is 3. The van der Waals surface area contributed by atoms with Crippen LogP contribution >= 0.6 is 0 Å². The summed E-state index contributed by atoms with van der Waals surface area (Å²) in [5.41, 5.74) is -0.886. The topological polar surface area (TPSA) is 45.0 Å². The van der Waals surface area contributed by atoms with Crippen molar-refractivity contribution < 1.29 is 5.11 Å². The van der Waals surface area contributed by atoms with E-state index in [9.17, 15) is 5.11 Å². The maximum absolute atomic E-state index is 9.84. The second kappa shape index (κ2) is 3.05. The van der Waals surface area contributed by atoms with E-state index < -0.39 is 5.72 Å². The number of nitrogens with zero attached hydrogens (tertiary/aromatic N) is 2. The van der Waals surface area contributed by atoms with Gasteiger partial charge >= 0.3 is 0 Å². The van der Waals surface area contributed by atoms with Gasteiger partial charge in [-0.3, -0.25) is 0 Å². The smallest absolute Gasteiger partial charge is 0.176 e. The van der Waals surface area contributed by atoms with E-state index in [1.807, 2.05) is 0 Å². The molecule has 2 unspecified atom stereocenters. The molecule has 3 nitrogen and oxygen atoms in total. The molecule has 0 saturated heterocycles. The lowest BCUT2D eigenvalue weighted by atomic mass is 10.2. The Kier molecular flexibility index (Phi) is 2.14. The first-order valence-corrected chi connectivity index (χ1v) is 5.24. The van der Waals surface area contributed by atoms with Crippen LogP contribution in [0.2, 0.25) is 0 Å². The van der Waals surface area contributed by atoms with Crippen molar-refractivity contribution in [3.05, 3.63) is 0 Å². The molecular weight excluding hydrogens is 164 g/mol. The monoisotopic (exact) mass is 182 g/mol. The highest BCUT2D eigenvalue weighted by atomic mass is 16.3. The van der Waals surface area contributed by atoms with Crippen LogP contribution in [0.25, 0.3) is 0 Å². The summed E-state index contributed by atoms with van der Waals surface area (Å²) in [6, 6.07) is 0.310. The minimum Gasteiger partial charge on any atom is -0.368 e. The van der Waals surface area contributed by atoms with Gasteiger partial charge in [-0.25, -0.2) is 0 Å². The summed E-state index contributed by atoms with van der Waals surface area (Å²) in [5, 5.41) is 18.1. The summed E-state index contributed by atoms with van der Waals surface area (Å²) >= 11 is 0. The van der Waals surface area contributed by atoms with Crippen molar-refractivity contribution in [2.24, 2.45) is 22.1 Å². The van der Waals surface area contributed by atoms with Gasteiger partial charge in [-0.1, -0.05) is 0 Å². The number of hydrogen-bond donors (Lipinski definition) is 1. The van der Waals surface area contributed by atoms with Gasteiger partial charge in [-0.15, -0.1) is 0 Å². The van der Waals surface area contributed by atoms with Crippen LogP contribution in [0.5, 0.6) is 0 Å². The Morgan fingerprint density at radius 2 is 1.92 bits per heavy atom. The Hall–Kier alpha value is -0.440. The summed E-state index contributed by atoms with van der Waals surface area (Å²) in [7, 11) is 0. The summed E-state index contributed by atoms with van der Waals surface area (Å²) in [4.78, 5) is 0. The van der Waals surface area contributed by atoms with Gasteiger partial charge in [0, 0.05) is 5.92 Å². The lowest BCUT2D eigenvalue weighted by molar-refractivity contribution is 0.0367. The van der Waals surface area contributed by atoms with Crippen molar-refractivity contribution >= 4 is 0 Å². The second-order valence-electron chi connectivity index (χ2n) is 4.66. The molecule has 2 atom stereocenters. The van der Waals surface area contributed by atoms with Gasteiger partial charge in [0.05, 0.1) is 6.04 Å². The fraction of sp³-hybridized carbons (Fsp3) is 1.00. The van der Waals surface area contributed by atoms with Crippen LogP contribution < -0.4 is 0 Å². The maximum atomic E-state index is 9.84. The molecule has 0 aromatic rings. The number of rotatable bonds is 4. The normalized spacial score (nSPS) is 30.4. The maximum Gasteiger partial charge on any atom is 0.176 e. The quantitative estimate of drug-likeness (QED) is 0.666. The lowest BCUT2D eigenvalue weighted by Gasteiger charge is -2.16. The molecule has 0 aliphatic heterocycles. The molecule has 0 aromatic heterocycles. The van der Waals surface area contributed by atoms with E-state index in [1.165, 1.54) is 12.8 Å². The van der Waals surface area contributed by atoms with Crippen molar-refractivity contribution in [1.29, 1.82) is 0 Å². The lowest BCUT2D eigenvalue weighted by Crippen LogP contribution is -2.23. The molecule has 1 N–H and O–H groups in total. The van der Waals surface area contributed by atoms with Crippen molar-refractivity contribution in [2.45, 2.75) is 51.3 Å². The Morgan fingerprint density at radius 1 is 1.31 bits per heavy atom. The Morgan fingerprint density at radius 3 is 2.38 bits per heavy atom. The molecule has 2 saturated carbocycles. The molecule has 74 valence electrons. The summed E-state index contributed by atoms with van der Waals surface area (Å²) in [5.74, 6) is 1.10. The third-order valence-electron chi connectivity index (χ3n) is 3.10. The molecule has 0 radical (unpaired) electrons. The van der Waals surface area contributed by atoms with E-state index in [0.717, 1.165) is 18.8 Å². The Balaban J connectivity index is 1.86. The van der Waals surface area contributed by atoms with Gasteiger partial charge < -0.3 is 5.11 Å². The zero-order chi connectivity index (χ0) is 9.47. The molecule has 0 bridgehead atoms. The predicted octanol–water partition coefficient (Wildman–Crippen LogP) is 2.36. The van der Waals surface area contributed by atoms with Gasteiger partial charge in [0.2, 0.25) is 0 Å². The van der Waals surface area contributed by atoms with E-state index in [4.69, 9.17) is 0 Å². The molecule has 13 heavy (non-hydrogen) atoms. The minimum absolute atomic E-state index is 0.310. The molecular formula is C10H18N2O. The minimum atomic E-state index is -0.886. The molecule has 0 aromatic carbocycles. The van der Waals surface area contributed by atoms with Crippen molar-refractivity contribution in [3.8, 4) is 0 Å². The Bertz CT molecular complexity index is 217. The largest absolute Gasteiger partial charge is 0.368 e. The molecule has 2 aliphatic carbocycles. The van der Waals surface area contributed by atoms with Gasteiger partial charge in [0.25, 0.3) is 0 Å². The van der Waals surface area contributed by atoms with Crippen LogP contribution in [-0.2, 0) is 0 Å². The molecule has 0 amide bonds. The first-order valence-electron chi connectivity index (χ1n) is 5.24. The average molecular weight is 182 g/mol. The first-order chi connectivity index (χ1) is 6.09. The van der Waals surface area contributed by atoms with Crippen LogP contribution in [-0.4, -0.2) is 16.9 Å². The third-order valence-corrected chi connectivity index (χ3v) is 3.10. The summed E-state index contributed by atoms with van der Waals surface area (Å²) in [6.45, 7) is 3.86.